The SMILES string of the molecule is C[C@@H]1C[C@H]2CNC[C@H]2N1C(=O)C(C)(C)C. The third-order valence-electron chi connectivity index (χ3n) is 3.66. The summed E-state index contributed by atoms with van der Waals surface area (Å²) in [6.45, 7) is 10.3. The lowest BCUT2D eigenvalue weighted by atomic mass is 9.94. The number of fused-ring (bicyclic) bond motifs is 1. The number of hydrogen-bond donors (Lipinski definition) is 1. The van der Waals surface area contributed by atoms with Crippen molar-refractivity contribution >= 4 is 5.91 Å². The summed E-state index contributed by atoms with van der Waals surface area (Å²) in [7, 11) is 0. The number of nitrogens with zero attached hydrogens (tertiary/aromatic N) is 1. The summed E-state index contributed by atoms with van der Waals surface area (Å²) in [5, 5.41) is 3.39. The van der Waals surface area contributed by atoms with Crippen LogP contribution in [0.25, 0.3) is 0 Å². The minimum absolute atomic E-state index is 0.244. The minimum Gasteiger partial charge on any atom is -0.335 e. The zero-order chi connectivity index (χ0) is 11.2. The molecule has 2 aliphatic rings. The van der Waals surface area contributed by atoms with Gasteiger partial charge in [0, 0.05) is 30.6 Å². The average molecular weight is 210 g/mol. The molecule has 86 valence electrons. The second kappa shape index (κ2) is 3.48. The summed E-state index contributed by atoms with van der Waals surface area (Å²) in [6.07, 6.45) is 1.17. The fourth-order valence-electron chi connectivity index (χ4n) is 2.90. The van der Waals surface area contributed by atoms with E-state index in [0.29, 0.717) is 23.9 Å². The largest absolute Gasteiger partial charge is 0.335 e. The highest BCUT2D eigenvalue weighted by molar-refractivity contribution is 5.82. The fourth-order valence-corrected chi connectivity index (χ4v) is 2.90. The third kappa shape index (κ3) is 1.78. The lowest BCUT2D eigenvalue weighted by molar-refractivity contribution is -0.142. The van der Waals surface area contributed by atoms with Crippen molar-refractivity contribution in [3.8, 4) is 0 Å². The fraction of sp³-hybridized carbons (Fsp3) is 0.917. The van der Waals surface area contributed by atoms with Crippen LogP contribution in [0.5, 0.6) is 0 Å². The van der Waals surface area contributed by atoms with E-state index in [2.05, 4.69) is 17.1 Å². The van der Waals surface area contributed by atoms with Gasteiger partial charge in [0.2, 0.25) is 5.91 Å². The van der Waals surface area contributed by atoms with E-state index in [1.807, 2.05) is 20.8 Å². The van der Waals surface area contributed by atoms with Crippen LogP contribution in [0.2, 0.25) is 0 Å². The summed E-state index contributed by atoms with van der Waals surface area (Å²) in [4.78, 5) is 14.4. The van der Waals surface area contributed by atoms with E-state index in [1.165, 1.54) is 6.42 Å². The predicted octanol–water partition coefficient (Wildman–Crippen LogP) is 1.24. The molecule has 0 bridgehead atoms. The maximum Gasteiger partial charge on any atom is 0.228 e. The summed E-state index contributed by atoms with van der Waals surface area (Å²) in [6, 6.07) is 0.876. The van der Waals surface area contributed by atoms with E-state index in [4.69, 9.17) is 0 Å². The molecule has 0 aromatic heterocycles. The molecule has 3 nitrogen and oxygen atoms in total. The molecule has 0 aromatic carbocycles. The van der Waals surface area contributed by atoms with Crippen molar-refractivity contribution in [1.29, 1.82) is 0 Å². The first-order valence-corrected chi connectivity index (χ1v) is 5.94. The van der Waals surface area contributed by atoms with Gasteiger partial charge < -0.3 is 10.2 Å². The smallest absolute Gasteiger partial charge is 0.228 e. The Kier molecular flexibility index (Phi) is 2.53. The first kappa shape index (κ1) is 10.9. The van der Waals surface area contributed by atoms with Gasteiger partial charge in [0.15, 0.2) is 0 Å². The van der Waals surface area contributed by atoms with Crippen LogP contribution in [0.1, 0.15) is 34.1 Å². The number of rotatable bonds is 0. The molecule has 0 radical (unpaired) electrons. The molecule has 0 aliphatic carbocycles. The van der Waals surface area contributed by atoms with Crippen molar-refractivity contribution in [3.63, 3.8) is 0 Å². The lowest BCUT2D eigenvalue weighted by Crippen LogP contribution is -2.47. The lowest BCUT2D eigenvalue weighted by Gasteiger charge is -2.33. The zero-order valence-electron chi connectivity index (χ0n) is 10.2. The van der Waals surface area contributed by atoms with Crippen LogP contribution in [0, 0.1) is 11.3 Å². The van der Waals surface area contributed by atoms with Gasteiger partial charge >= 0.3 is 0 Å². The normalized spacial score (nSPS) is 35.7. The highest BCUT2D eigenvalue weighted by Gasteiger charge is 2.46. The highest BCUT2D eigenvalue weighted by atomic mass is 16.2. The Hall–Kier alpha value is -0.570. The minimum atomic E-state index is -0.244. The molecule has 2 fully saturated rings. The van der Waals surface area contributed by atoms with Crippen LogP contribution < -0.4 is 5.32 Å². The van der Waals surface area contributed by atoms with Crippen LogP contribution >= 0.6 is 0 Å². The number of likely N-dealkylation sites (tertiary alicyclic amines) is 1. The van der Waals surface area contributed by atoms with Gasteiger partial charge in [-0.1, -0.05) is 20.8 Å². The maximum absolute atomic E-state index is 12.3. The molecule has 1 amide bonds. The van der Waals surface area contributed by atoms with Gasteiger partial charge in [-0.15, -0.1) is 0 Å². The van der Waals surface area contributed by atoms with Crippen molar-refractivity contribution in [2.24, 2.45) is 11.3 Å². The summed E-state index contributed by atoms with van der Waals surface area (Å²) < 4.78 is 0. The van der Waals surface area contributed by atoms with Gasteiger partial charge in [-0.25, -0.2) is 0 Å². The molecule has 15 heavy (non-hydrogen) atoms. The Labute approximate surface area is 92.2 Å². The van der Waals surface area contributed by atoms with Crippen molar-refractivity contribution < 1.29 is 4.79 Å². The third-order valence-corrected chi connectivity index (χ3v) is 3.66. The van der Waals surface area contributed by atoms with E-state index in [-0.39, 0.29) is 5.41 Å². The average Bonchev–Trinajstić information content (AvgIpc) is 2.60. The molecule has 1 N–H and O–H groups in total. The molecular weight excluding hydrogens is 188 g/mol. The number of amides is 1. The topological polar surface area (TPSA) is 32.3 Å². The number of carbonyl (C=O) groups excluding carboxylic acids is 1. The van der Waals surface area contributed by atoms with E-state index in [9.17, 15) is 4.79 Å². The van der Waals surface area contributed by atoms with E-state index >= 15 is 0 Å². The van der Waals surface area contributed by atoms with E-state index < -0.39 is 0 Å². The van der Waals surface area contributed by atoms with Gasteiger partial charge in [-0.3, -0.25) is 4.79 Å². The molecule has 2 saturated heterocycles. The molecule has 0 saturated carbocycles. The Bertz CT molecular complexity index is 269. The van der Waals surface area contributed by atoms with Crippen molar-refractivity contribution in [2.45, 2.75) is 46.2 Å². The molecule has 2 heterocycles. The summed E-state index contributed by atoms with van der Waals surface area (Å²) in [5.41, 5.74) is -0.244. The summed E-state index contributed by atoms with van der Waals surface area (Å²) in [5.74, 6) is 0.998. The predicted molar refractivity (Wildman–Crippen MR) is 60.5 cm³/mol. The molecule has 0 unspecified atom stereocenters. The molecule has 0 spiro atoms. The molecule has 0 aromatic rings. The van der Waals surface area contributed by atoms with Gasteiger partial charge in [-0.05, 0) is 19.3 Å². The molecule has 2 aliphatic heterocycles. The van der Waals surface area contributed by atoms with Gasteiger partial charge in [0.1, 0.15) is 0 Å². The van der Waals surface area contributed by atoms with Crippen molar-refractivity contribution in [2.75, 3.05) is 13.1 Å². The second-order valence-corrected chi connectivity index (χ2v) is 6.03. The molecular formula is C12H22N2O. The Balaban J connectivity index is 2.17. The number of nitrogens with one attached hydrogen (secondary N) is 1. The van der Waals surface area contributed by atoms with Crippen molar-refractivity contribution in [3.05, 3.63) is 0 Å². The highest BCUT2D eigenvalue weighted by Crippen LogP contribution is 2.35. The van der Waals surface area contributed by atoms with Gasteiger partial charge in [0.05, 0.1) is 0 Å². The van der Waals surface area contributed by atoms with E-state index in [0.717, 1.165) is 13.1 Å². The first-order valence-electron chi connectivity index (χ1n) is 5.94. The maximum atomic E-state index is 12.3. The van der Waals surface area contributed by atoms with Crippen LogP contribution in [0.3, 0.4) is 0 Å². The molecule has 3 heteroatoms. The Morgan fingerprint density at radius 1 is 1.33 bits per heavy atom. The standard InChI is InChI=1S/C12H22N2O/c1-8-5-9-6-13-7-10(9)14(8)11(15)12(2,3)4/h8-10,13H,5-7H2,1-4H3/t8-,9+,10-/m1/s1. The van der Waals surface area contributed by atoms with Gasteiger partial charge in [0.25, 0.3) is 0 Å². The Morgan fingerprint density at radius 3 is 2.60 bits per heavy atom. The van der Waals surface area contributed by atoms with Crippen LogP contribution in [0.4, 0.5) is 0 Å². The van der Waals surface area contributed by atoms with Crippen LogP contribution in [0.15, 0.2) is 0 Å². The zero-order valence-corrected chi connectivity index (χ0v) is 10.2. The van der Waals surface area contributed by atoms with Crippen LogP contribution in [-0.2, 0) is 4.79 Å². The number of carbonyl (C=O) groups is 1. The Morgan fingerprint density at radius 2 is 2.00 bits per heavy atom. The number of hydrogen-bond acceptors (Lipinski definition) is 2. The molecule has 3 atom stereocenters. The second-order valence-electron chi connectivity index (χ2n) is 6.03. The molecule has 2 rings (SSSR count). The van der Waals surface area contributed by atoms with Crippen LogP contribution in [-0.4, -0.2) is 36.0 Å². The monoisotopic (exact) mass is 210 g/mol. The van der Waals surface area contributed by atoms with Gasteiger partial charge in [-0.2, -0.15) is 0 Å². The van der Waals surface area contributed by atoms with Crippen molar-refractivity contribution in [1.82, 2.24) is 10.2 Å². The summed E-state index contributed by atoms with van der Waals surface area (Å²) >= 11 is 0. The quantitative estimate of drug-likeness (QED) is 0.652. The van der Waals surface area contributed by atoms with E-state index in [1.54, 1.807) is 0 Å². The first-order chi connectivity index (χ1) is 6.91.